The molecule has 0 radical (unpaired) electrons. The van der Waals surface area contributed by atoms with Crippen LogP contribution in [0, 0.1) is 11.6 Å². The monoisotopic (exact) mass is 239 g/mol. The van der Waals surface area contributed by atoms with E-state index in [4.69, 9.17) is 5.73 Å². The molecule has 1 fully saturated rings. The van der Waals surface area contributed by atoms with Gasteiger partial charge in [0.25, 0.3) is 0 Å². The molecule has 1 aromatic rings. The van der Waals surface area contributed by atoms with Crippen molar-refractivity contribution in [3.05, 3.63) is 35.4 Å². The number of rotatable bonds is 3. The van der Waals surface area contributed by atoms with E-state index in [0.29, 0.717) is 12.8 Å². The van der Waals surface area contributed by atoms with Crippen LogP contribution in [-0.4, -0.2) is 11.3 Å². The summed E-state index contributed by atoms with van der Waals surface area (Å²) < 4.78 is 26.8. The fourth-order valence-electron chi connectivity index (χ4n) is 2.32. The molecular formula is C13H15F2NO. The molecule has 0 atom stereocenters. The highest BCUT2D eigenvalue weighted by Crippen LogP contribution is 2.29. The second kappa shape index (κ2) is 4.53. The fourth-order valence-corrected chi connectivity index (χ4v) is 2.32. The number of nitrogens with two attached hydrogens (primary N) is 1. The van der Waals surface area contributed by atoms with Crippen molar-refractivity contribution in [2.75, 3.05) is 0 Å². The Morgan fingerprint density at radius 1 is 1.24 bits per heavy atom. The molecule has 0 unspecified atom stereocenters. The third-order valence-electron chi connectivity index (χ3n) is 3.45. The Labute approximate surface area is 98.8 Å². The summed E-state index contributed by atoms with van der Waals surface area (Å²) in [5.41, 5.74) is 4.90. The van der Waals surface area contributed by atoms with E-state index in [-0.39, 0.29) is 17.8 Å². The Morgan fingerprint density at radius 2 is 1.76 bits per heavy atom. The lowest BCUT2D eigenvalue weighted by atomic mass is 9.89. The Balaban J connectivity index is 2.18. The average Bonchev–Trinajstić information content (AvgIpc) is 2.72. The van der Waals surface area contributed by atoms with Crippen LogP contribution in [0.5, 0.6) is 0 Å². The van der Waals surface area contributed by atoms with Crippen molar-refractivity contribution in [2.45, 2.75) is 37.6 Å². The molecule has 0 spiro atoms. The number of halogens is 2. The Morgan fingerprint density at radius 3 is 2.29 bits per heavy atom. The topological polar surface area (TPSA) is 43.1 Å². The van der Waals surface area contributed by atoms with Crippen LogP contribution in [0.25, 0.3) is 0 Å². The molecule has 0 saturated heterocycles. The quantitative estimate of drug-likeness (QED) is 0.879. The fraction of sp³-hybridized carbons (Fsp3) is 0.462. The van der Waals surface area contributed by atoms with Crippen molar-refractivity contribution >= 4 is 5.78 Å². The third-order valence-corrected chi connectivity index (χ3v) is 3.45. The van der Waals surface area contributed by atoms with Gasteiger partial charge in [0.15, 0.2) is 5.78 Å². The smallest absolute Gasteiger partial charge is 0.157 e. The zero-order chi connectivity index (χ0) is 12.5. The summed E-state index contributed by atoms with van der Waals surface area (Å²) in [7, 11) is 0. The predicted octanol–water partition coefficient (Wildman–Crippen LogP) is 2.35. The van der Waals surface area contributed by atoms with Gasteiger partial charge >= 0.3 is 0 Å². The molecule has 0 bridgehead atoms. The Hall–Kier alpha value is -1.29. The SMILES string of the molecule is NC1(C(=O)Cc2c(F)cccc2F)CCCC1. The van der Waals surface area contributed by atoms with Crippen molar-refractivity contribution in [1.29, 1.82) is 0 Å². The highest BCUT2D eigenvalue weighted by Gasteiger charge is 2.37. The molecule has 2 nitrogen and oxygen atoms in total. The normalized spacial score (nSPS) is 18.3. The predicted molar refractivity (Wildman–Crippen MR) is 60.5 cm³/mol. The molecule has 1 aromatic carbocycles. The van der Waals surface area contributed by atoms with Gasteiger partial charge in [0.2, 0.25) is 0 Å². The van der Waals surface area contributed by atoms with Gasteiger partial charge < -0.3 is 5.73 Å². The van der Waals surface area contributed by atoms with Crippen LogP contribution in [0.1, 0.15) is 31.2 Å². The van der Waals surface area contributed by atoms with E-state index in [1.54, 1.807) is 0 Å². The number of hydrogen-bond acceptors (Lipinski definition) is 2. The summed E-state index contributed by atoms with van der Waals surface area (Å²) in [6.45, 7) is 0. The van der Waals surface area contributed by atoms with Crippen LogP contribution in [0.4, 0.5) is 8.78 Å². The number of Topliss-reactive ketones (excluding diaryl/α,β-unsaturated/α-hetero) is 1. The van der Waals surface area contributed by atoms with Gasteiger partial charge in [-0.1, -0.05) is 18.9 Å². The van der Waals surface area contributed by atoms with Crippen LogP contribution in [0.2, 0.25) is 0 Å². The molecule has 2 rings (SSSR count). The van der Waals surface area contributed by atoms with Crippen LogP contribution in [-0.2, 0) is 11.2 Å². The van der Waals surface area contributed by atoms with Gasteiger partial charge in [0.1, 0.15) is 11.6 Å². The molecule has 1 aliphatic rings. The lowest BCUT2D eigenvalue weighted by Crippen LogP contribution is -2.46. The van der Waals surface area contributed by atoms with E-state index >= 15 is 0 Å². The Kier molecular flexibility index (Phi) is 3.24. The second-order valence-corrected chi connectivity index (χ2v) is 4.66. The molecule has 0 aliphatic heterocycles. The van der Waals surface area contributed by atoms with Crippen LogP contribution in [0.3, 0.4) is 0 Å². The third kappa shape index (κ3) is 2.36. The van der Waals surface area contributed by atoms with Gasteiger partial charge in [-0.15, -0.1) is 0 Å². The van der Waals surface area contributed by atoms with Crippen molar-refractivity contribution in [2.24, 2.45) is 5.73 Å². The minimum Gasteiger partial charge on any atom is -0.319 e. The van der Waals surface area contributed by atoms with Crippen LogP contribution in [0.15, 0.2) is 18.2 Å². The molecule has 2 N–H and O–H groups in total. The van der Waals surface area contributed by atoms with Gasteiger partial charge in [-0.25, -0.2) is 8.78 Å². The highest BCUT2D eigenvalue weighted by molar-refractivity contribution is 5.90. The summed E-state index contributed by atoms with van der Waals surface area (Å²) in [5, 5.41) is 0. The minimum absolute atomic E-state index is 0.172. The molecule has 17 heavy (non-hydrogen) atoms. The summed E-state index contributed by atoms with van der Waals surface area (Å²) in [6.07, 6.45) is 2.78. The van der Waals surface area contributed by atoms with Gasteiger partial charge in [-0.3, -0.25) is 4.79 Å². The Bertz CT molecular complexity index is 419. The summed E-state index contributed by atoms with van der Waals surface area (Å²) in [5.74, 6) is -1.63. The molecule has 0 heterocycles. The summed E-state index contributed by atoms with van der Waals surface area (Å²) >= 11 is 0. The number of benzene rings is 1. The van der Waals surface area contributed by atoms with E-state index in [2.05, 4.69) is 0 Å². The van der Waals surface area contributed by atoms with Crippen LogP contribution >= 0.6 is 0 Å². The van der Waals surface area contributed by atoms with Gasteiger partial charge in [0, 0.05) is 12.0 Å². The first-order valence-electron chi connectivity index (χ1n) is 5.78. The first-order chi connectivity index (χ1) is 8.03. The van der Waals surface area contributed by atoms with Crippen molar-refractivity contribution < 1.29 is 13.6 Å². The maximum absolute atomic E-state index is 13.4. The first-order valence-corrected chi connectivity index (χ1v) is 5.78. The molecule has 4 heteroatoms. The van der Waals surface area contributed by atoms with Crippen molar-refractivity contribution in [3.63, 3.8) is 0 Å². The lowest BCUT2D eigenvalue weighted by Gasteiger charge is -2.21. The van der Waals surface area contributed by atoms with E-state index in [0.717, 1.165) is 25.0 Å². The summed E-state index contributed by atoms with van der Waals surface area (Å²) in [6, 6.07) is 3.60. The standard InChI is InChI=1S/C13H15F2NO/c14-10-4-3-5-11(15)9(10)8-12(17)13(16)6-1-2-7-13/h3-5H,1-2,6-8,16H2. The van der Waals surface area contributed by atoms with E-state index in [9.17, 15) is 13.6 Å². The zero-order valence-corrected chi connectivity index (χ0v) is 9.51. The van der Waals surface area contributed by atoms with E-state index in [1.165, 1.54) is 6.07 Å². The molecule has 1 saturated carbocycles. The number of carbonyl (C=O) groups excluding carboxylic acids is 1. The molecule has 92 valence electrons. The largest absolute Gasteiger partial charge is 0.319 e. The van der Waals surface area contributed by atoms with Gasteiger partial charge in [-0.05, 0) is 25.0 Å². The second-order valence-electron chi connectivity index (χ2n) is 4.66. The molecule has 0 amide bonds. The number of ketones is 1. The lowest BCUT2D eigenvalue weighted by molar-refractivity contribution is -0.123. The maximum atomic E-state index is 13.4. The first kappa shape index (κ1) is 12.2. The molecule has 1 aliphatic carbocycles. The summed E-state index contributed by atoms with van der Waals surface area (Å²) in [4.78, 5) is 12.0. The van der Waals surface area contributed by atoms with Gasteiger partial charge in [0.05, 0.1) is 5.54 Å². The zero-order valence-electron chi connectivity index (χ0n) is 9.51. The highest BCUT2D eigenvalue weighted by atomic mass is 19.1. The maximum Gasteiger partial charge on any atom is 0.157 e. The van der Waals surface area contributed by atoms with Crippen LogP contribution < -0.4 is 5.73 Å². The van der Waals surface area contributed by atoms with E-state index < -0.39 is 17.2 Å². The van der Waals surface area contributed by atoms with Crippen molar-refractivity contribution in [3.8, 4) is 0 Å². The minimum atomic E-state index is -0.880. The average molecular weight is 239 g/mol. The van der Waals surface area contributed by atoms with Gasteiger partial charge in [-0.2, -0.15) is 0 Å². The number of hydrogen-bond donors (Lipinski definition) is 1. The van der Waals surface area contributed by atoms with E-state index in [1.807, 2.05) is 0 Å². The molecular weight excluding hydrogens is 224 g/mol. The molecule has 0 aromatic heterocycles. The number of carbonyl (C=O) groups is 1. The van der Waals surface area contributed by atoms with Crippen molar-refractivity contribution in [1.82, 2.24) is 0 Å².